The summed E-state index contributed by atoms with van der Waals surface area (Å²) in [5.41, 5.74) is 0.480. The Morgan fingerprint density at radius 2 is 2.09 bits per heavy atom. The Bertz CT molecular complexity index is 214. The van der Waals surface area contributed by atoms with E-state index in [9.17, 15) is 4.79 Å². The molecule has 62 valence electrons. The molecule has 1 fully saturated rings. The van der Waals surface area contributed by atoms with Crippen LogP contribution < -0.4 is 0 Å². The maximum absolute atomic E-state index is 11.1. The lowest BCUT2D eigenvalue weighted by Crippen LogP contribution is -2.25. The smallest absolute Gasteiger partial charge is 0.334 e. The van der Waals surface area contributed by atoms with Gasteiger partial charge >= 0.3 is 5.97 Å². The van der Waals surface area contributed by atoms with Gasteiger partial charge in [-0.1, -0.05) is 13.0 Å². The van der Waals surface area contributed by atoms with Crippen molar-refractivity contribution in [3.63, 3.8) is 0 Å². The third-order valence-electron chi connectivity index (χ3n) is 2.41. The van der Waals surface area contributed by atoms with Gasteiger partial charge in [-0.25, -0.2) is 4.79 Å². The molecule has 11 heavy (non-hydrogen) atoms. The molecule has 1 rings (SSSR count). The molecule has 0 aromatic heterocycles. The molecule has 1 saturated heterocycles. The van der Waals surface area contributed by atoms with E-state index in [1.807, 2.05) is 33.8 Å². The van der Waals surface area contributed by atoms with Gasteiger partial charge in [0.05, 0.1) is 0 Å². The van der Waals surface area contributed by atoms with Gasteiger partial charge in [-0.15, -0.1) is 0 Å². The predicted octanol–water partition coefficient (Wildman–Crippen LogP) is 1.90. The van der Waals surface area contributed by atoms with Crippen LogP contribution in [-0.4, -0.2) is 11.6 Å². The molecule has 0 aromatic rings. The number of carbonyl (C=O) groups excluding carboxylic acids is 1. The van der Waals surface area contributed by atoms with Crippen LogP contribution in [0.15, 0.2) is 11.6 Å². The number of hydrogen-bond acceptors (Lipinski definition) is 2. The highest BCUT2D eigenvalue weighted by molar-refractivity contribution is 5.91. The summed E-state index contributed by atoms with van der Waals surface area (Å²) in [6, 6.07) is 0. The molecule has 0 aromatic carbocycles. The molecule has 0 saturated carbocycles. The zero-order valence-electron chi connectivity index (χ0n) is 7.47. The minimum Gasteiger partial charge on any atom is -0.456 e. The summed E-state index contributed by atoms with van der Waals surface area (Å²) >= 11 is 0. The maximum Gasteiger partial charge on any atom is 0.334 e. The van der Waals surface area contributed by atoms with Crippen molar-refractivity contribution in [1.29, 1.82) is 0 Å². The van der Waals surface area contributed by atoms with Crippen LogP contribution >= 0.6 is 0 Å². The molecule has 0 spiro atoms. The molecule has 0 amide bonds. The zero-order valence-corrected chi connectivity index (χ0v) is 7.47. The van der Waals surface area contributed by atoms with Crippen molar-refractivity contribution in [2.24, 2.45) is 5.92 Å². The number of esters is 1. The molecule has 1 aliphatic rings. The van der Waals surface area contributed by atoms with Crippen molar-refractivity contribution in [2.45, 2.75) is 33.3 Å². The SMILES string of the molecule is C/C=C1/C(=O)OC(C)(C)C1C. The lowest BCUT2D eigenvalue weighted by Gasteiger charge is -2.20. The largest absolute Gasteiger partial charge is 0.456 e. The van der Waals surface area contributed by atoms with Gasteiger partial charge in [-0.05, 0) is 20.8 Å². The Hall–Kier alpha value is -0.790. The fourth-order valence-corrected chi connectivity index (χ4v) is 1.31. The third kappa shape index (κ3) is 1.17. The Labute approximate surface area is 67.2 Å². The Kier molecular flexibility index (Phi) is 1.78. The number of rotatable bonds is 0. The monoisotopic (exact) mass is 154 g/mol. The van der Waals surface area contributed by atoms with Gasteiger partial charge < -0.3 is 4.74 Å². The normalized spacial score (nSPS) is 32.5. The number of carbonyl (C=O) groups is 1. The summed E-state index contributed by atoms with van der Waals surface area (Å²) in [7, 11) is 0. The second kappa shape index (κ2) is 2.36. The van der Waals surface area contributed by atoms with Crippen molar-refractivity contribution in [3.8, 4) is 0 Å². The summed E-state index contributed by atoms with van der Waals surface area (Å²) in [5.74, 6) is 0.0463. The van der Waals surface area contributed by atoms with Crippen LogP contribution in [0.1, 0.15) is 27.7 Å². The van der Waals surface area contributed by atoms with Crippen LogP contribution in [0.25, 0.3) is 0 Å². The molecule has 0 radical (unpaired) electrons. The van der Waals surface area contributed by atoms with Gasteiger partial charge in [0.15, 0.2) is 0 Å². The van der Waals surface area contributed by atoms with Crippen molar-refractivity contribution < 1.29 is 9.53 Å². The lowest BCUT2D eigenvalue weighted by atomic mass is 9.89. The summed E-state index contributed by atoms with van der Waals surface area (Å²) in [6.07, 6.45) is 1.84. The van der Waals surface area contributed by atoms with Gasteiger partial charge in [0.2, 0.25) is 0 Å². The predicted molar refractivity (Wildman–Crippen MR) is 43.1 cm³/mol. The van der Waals surface area contributed by atoms with Crippen molar-refractivity contribution in [1.82, 2.24) is 0 Å². The molecule has 2 nitrogen and oxygen atoms in total. The first kappa shape index (κ1) is 8.31. The average Bonchev–Trinajstić information content (AvgIpc) is 2.04. The lowest BCUT2D eigenvalue weighted by molar-refractivity contribution is -0.144. The van der Waals surface area contributed by atoms with E-state index in [0.717, 1.165) is 5.57 Å². The highest BCUT2D eigenvalue weighted by atomic mass is 16.6. The van der Waals surface area contributed by atoms with Crippen LogP contribution in [0.4, 0.5) is 0 Å². The molecule has 0 aliphatic carbocycles. The summed E-state index contributed by atoms with van der Waals surface area (Å²) in [4.78, 5) is 11.1. The molecule has 1 aliphatic heterocycles. The Balaban J connectivity index is 2.98. The minimum atomic E-state index is -0.321. The summed E-state index contributed by atoms with van der Waals surface area (Å²) in [5, 5.41) is 0. The molecule has 1 atom stereocenters. The average molecular weight is 154 g/mol. The summed E-state index contributed by atoms with van der Waals surface area (Å²) < 4.78 is 5.16. The van der Waals surface area contributed by atoms with E-state index in [0.29, 0.717) is 0 Å². The van der Waals surface area contributed by atoms with Crippen LogP contribution in [0.5, 0.6) is 0 Å². The molecule has 1 heterocycles. The zero-order chi connectivity index (χ0) is 8.65. The van der Waals surface area contributed by atoms with E-state index in [1.165, 1.54) is 0 Å². The minimum absolute atomic E-state index is 0.162. The Morgan fingerprint density at radius 1 is 1.55 bits per heavy atom. The molecule has 1 unspecified atom stereocenters. The summed E-state index contributed by atoms with van der Waals surface area (Å²) in [6.45, 7) is 7.76. The van der Waals surface area contributed by atoms with Crippen LogP contribution in [0.2, 0.25) is 0 Å². The molecule has 2 heteroatoms. The van der Waals surface area contributed by atoms with Crippen LogP contribution in [0.3, 0.4) is 0 Å². The van der Waals surface area contributed by atoms with E-state index in [4.69, 9.17) is 4.74 Å². The highest BCUT2D eigenvalue weighted by Gasteiger charge is 2.42. The highest BCUT2D eigenvalue weighted by Crippen LogP contribution is 2.35. The van der Waals surface area contributed by atoms with Crippen LogP contribution in [0, 0.1) is 5.92 Å². The standard InChI is InChI=1S/C9H14O2/c1-5-7-6(2)9(3,4)11-8(7)10/h5-6H,1-4H3/b7-5+. The number of hydrogen-bond donors (Lipinski definition) is 0. The van der Waals surface area contributed by atoms with E-state index in [2.05, 4.69) is 0 Å². The number of ether oxygens (including phenoxy) is 1. The van der Waals surface area contributed by atoms with Gasteiger partial charge in [-0.2, -0.15) is 0 Å². The van der Waals surface area contributed by atoms with Crippen molar-refractivity contribution in [2.75, 3.05) is 0 Å². The molecular weight excluding hydrogens is 140 g/mol. The van der Waals surface area contributed by atoms with Crippen molar-refractivity contribution >= 4 is 5.97 Å². The van der Waals surface area contributed by atoms with Crippen molar-refractivity contribution in [3.05, 3.63) is 11.6 Å². The van der Waals surface area contributed by atoms with E-state index < -0.39 is 0 Å². The molecular formula is C9H14O2. The van der Waals surface area contributed by atoms with Gasteiger partial charge in [0.25, 0.3) is 0 Å². The fourth-order valence-electron chi connectivity index (χ4n) is 1.31. The first-order valence-corrected chi connectivity index (χ1v) is 3.88. The quantitative estimate of drug-likeness (QED) is 0.393. The first-order valence-electron chi connectivity index (χ1n) is 3.88. The fraction of sp³-hybridized carbons (Fsp3) is 0.667. The number of cyclic esters (lactones) is 1. The van der Waals surface area contributed by atoms with E-state index in [1.54, 1.807) is 0 Å². The van der Waals surface area contributed by atoms with Gasteiger partial charge in [0.1, 0.15) is 5.60 Å². The van der Waals surface area contributed by atoms with Crippen LogP contribution in [-0.2, 0) is 9.53 Å². The third-order valence-corrected chi connectivity index (χ3v) is 2.41. The first-order chi connectivity index (χ1) is 4.99. The molecule has 0 N–H and O–H groups in total. The second-order valence-corrected chi connectivity index (χ2v) is 3.46. The van der Waals surface area contributed by atoms with E-state index in [-0.39, 0.29) is 17.5 Å². The Morgan fingerprint density at radius 3 is 2.27 bits per heavy atom. The van der Waals surface area contributed by atoms with Gasteiger partial charge in [0, 0.05) is 11.5 Å². The second-order valence-electron chi connectivity index (χ2n) is 3.46. The van der Waals surface area contributed by atoms with Gasteiger partial charge in [-0.3, -0.25) is 0 Å². The molecule has 0 bridgehead atoms. The maximum atomic E-state index is 11.1. The number of allylic oxidation sites excluding steroid dienone is 1. The van der Waals surface area contributed by atoms with E-state index >= 15 is 0 Å². The topological polar surface area (TPSA) is 26.3 Å².